The minimum Gasteiger partial charge on any atom is -0.387 e. The van der Waals surface area contributed by atoms with E-state index < -0.39 is 87.4 Å². The van der Waals surface area contributed by atoms with Gasteiger partial charge in [-0.2, -0.15) is 20.7 Å². The number of ether oxygens (including phenoxy) is 4. The number of nitrogen functional groups attached to an aromatic ring is 2. The van der Waals surface area contributed by atoms with Gasteiger partial charge in [0.25, 0.3) is 0 Å². The first-order valence-corrected chi connectivity index (χ1v) is 27.8. The molecule has 7 rings (SSSR count). The summed E-state index contributed by atoms with van der Waals surface area (Å²) < 4.78 is 73.4. The van der Waals surface area contributed by atoms with E-state index in [4.69, 9.17) is 44.0 Å². The first-order chi connectivity index (χ1) is 36.8. The highest BCUT2D eigenvalue weighted by atomic mass is 31.2. The normalized spacial score (nSPS) is 24.1. The zero-order valence-electron chi connectivity index (χ0n) is 43.0. The Morgan fingerprint density at radius 2 is 1.17 bits per heavy atom. The van der Waals surface area contributed by atoms with Crippen molar-refractivity contribution in [2.45, 2.75) is 170 Å². The van der Waals surface area contributed by atoms with Gasteiger partial charge >= 0.3 is 7.82 Å². The molecule has 2 aliphatic heterocycles. The molecule has 4 aromatic heterocycles. The summed E-state index contributed by atoms with van der Waals surface area (Å²) in [6.07, 6.45) is 10.3. The number of hydrogen-bond acceptors (Lipinski definition) is 20. The van der Waals surface area contributed by atoms with E-state index in [9.17, 15) is 39.9 Å². The number of anilines is 2. The molecule has 8 N–H and O–H groups in total. The lowest BCUT2D eigenvalue weighted by Crippen LogP contribution is -2.41. The second-order valence-corrected chi connectivity index (χ2v) is 21.1. The maximum atomic E-state index is 14.9. The number of nitrogens with two attached hydrogens (primary N) is 2. The highest BCUT2D eigenvalue weighted by Gasteiger charge is 2.59. The molecule has 24 heteroatoms. The van der Waals surface area contributed by atoms with Crippen molar-refractivity contribution < 1.29 is 61.9 Å². The van der Waals surface area contributed by atoms with Crippen LogP contribution in [0.2, 0.25) is 0 Å². The first kappa shape index (κ1) is 58.4. The molecule has 76 heavy (non-hydrogen) atoms. The average molecular weight is 1080 g/mol. The van der Waals surface area contributed by atoms with Crippen molar-refractivity contribution >= 4 is 30.5 Å². The van der Waals surface area contributed by atoms with Crippen LogP contribution in [-0.2, 0) is 54.9 Å². The van der Waals surface area contributed by atoms with Gasteiger partial charge < -0.3 is 50.8 Å². The highest BCUT2D eigenvalue weighted by Crippen LogP contribution is 2.52. The molecule has 0 amide bonds. The van der Waals surface area contributed by atoms with Crippen molar-refractivity contribution in [2.24, 2.45) is 0 Å². The monoisotopic (exact) mass is 1080 g/mol. The molecule has 2 fully saturated rings. The lowest BCUT2D eigenvalue weighted by molar-refractivity contribution is -0.0802. The zero-order valence-corrected chi connectivity index (χ0v) is 43.9. The van der Waals surface area contributed by atoms with Crippen molar-refractivity contribution in [1.82, 2.24) is 29.2 Å². The maximum absolute atomic E-state index is 14.9. The summed E-state index contributed by atoms with van der Waals surface area (Å²) in [4.78, 5) is 7.89. The molecule has 0 unspecified atom stereocenters. The minimum atomic E-state index is -4.96. The van der Waals surface area contributed by atoms with E-state index in [-0.39, 0.29) is 47.3 Å². The maximum Gasteiger partial charge on any atom is 0.475 e. The van der Waals surface area contributed by atoms with Gasteiger partial charge in [0.05, 0.1) is 44.4 Å². The van der Waals surface area contributed by atoms with Crippen LogP contribution in [-0.4, -0.2) is 125 Å². The zero-order chi connectivity index (χ0) is 54.1. The van der Waals surface area contributed by atoms with Crippen molar-refractivity contribution in [3.05, 3.63) is 84.0 Å². The fraction of sp³-hybridized carbons (Fsp3) is 0.615. The Kier molecular flexibility index (Phi) is 21.4. The topological polar surface area (TPSA) is 323 Å². The molecule has 22 nitrogen and oxygen atoms in total. The van der Waals surface area contributed by atoms with Gasteiger partial charge in [-0.3, -0.25) is 13.6 Å². The Morgan fingerprint density at radius 3 is 1.63 bits per heavy atom. The summed E-state index contributed by atoms with van der Waals surface area (Å²) in [5.41, 5.74) is 8.60. The van der Waals surface area contributed by atoms with Gasteiger partial charge in [-0.15, -0.1) is 0 Å². The van der Waals surface area contributed by atoms with Crippen LogP contribution in [0.25, 0.3) is 11.0 Å². The van der Waals surface area contributed by atoms with Gasteiger partial charge in [-0.05, 0) is 48.4 Å². The lowest BCUT2D eigenvalue weighted by atomic mass is 9.92. The van der Waals surface area contributed by atoms with Gasteiger partial charge in [0.2, 0.25) is 11.2 Å². The van der Waals surface area contributed by atoms with E-state index in [0.717, 1.165) is 38.3 Å². The predicted molar refractivity (Wildman–Crippen MR) is 274 cm³/mol. The molecular weight excluding hydrogens is 1010 g/mol. The first-order valence-electron chi connectivity index (χ1n) is 26.3. The quantitative estimate of drug-likeness (QED) is 0.0193. The van der Waals surface area contributed by atoms with E-state index in [0.29, 0.717) is 12.2 Å². The number of aliphatic hydroxyl groups excluding tert-OH is 4. The Morgan fingerprint density at radius 1 is 0.697 bits per heavy atom. The molecule has 1 aromatic carbocycles. The van der Waals surface area contributed by atoms with Crippen LogP contribution < -0.4 is 11.5 Å². The van der Waals surface area contributed by atoms with Crippen LogP contribution in [0.3, 0.4) is 0 Å². The molecule has 9 atom stereocenters. The van der Waals surface area contributed by atoms with Gasteiger partial charge in [0.1, 0.15) is 84.4 Å². The number of nitrogens with zero attached hydrogens (tertiary/aromatic N) is 8. The third-order valence-electron chi connectivity index (χ3n) is 14.0. The van der Waals surface area contributed by atoms with Crippen LogP contribution in [0.5, 0.6) is 0 Å². The number of hydrogen-bond donors (Lipinski definition) is 6. The molecule has 0 saturated carbocycles. The van der Waals surface area contributed by atoms with Crippen molar-refractivity contribution in [2.75, 3.05) is 44.5 Å². The van der Waals surface area contributed by atoms with Crippen LogP contribution in [0.1, 0.15) is 127 Å². The van der Waals surface area contributed by atoms with Gasteiger partial charge in [0, 0.05) is 6.61 Å². The SMILES string of the molecule is CCCCCCCCCCCCCCCCCCOC[C@H](COP(=O)(OC[C@H]1O[C@@](C#N)(c2ccc3c(N)ncnn23)[C@H](O)[C@@H]1O)OC[C@H]1O[C@@](C#N)(c2ccc3c(N)ncnn23)[C@H](O)[C@@H]1O)OCc1cccc(F)c1. The minimum absolute atomic E-state index is 0.00137. The van der Waals surface area contributed by atoms with Crippen LogP contribution in [0.4, 0.5) is 16.0 Å². The molecule has 2 saturated heterocycles. The molecule has 0 aliphatic carbocycles. The van der Waals surface area contributed by atoms with Gasteiger partial charge in [-0.25, -0.2) is 28.0 Å². The average Bonchev–Trinajstić information content (AvgIpc) is 4.23. The fourth-order valence-electron chi connectivity index (χ4n) is 9.67. The smallest absolute Gasteiger partial charge is 0.387 e. The molecule has 0 spiro atoms. The second kappa shape index (κ2) is 27.9. The summed E-state index contributed by atoms with van der Waals surface area (Å²) in [6, 6.07) is 15.5. The Labute approximate surface area is 441 Å². The highest BCUT2D eigenvalue weighted by molar-refractivity contribution is 7.48. The van der Waals surface area contributed by atoms with Crippen LogP contribution in [0, 0.1) is 28.5 Å². The number of aliphatic hydroxyl groups is 4. The second-order valence-electron chi connectivity index (χ2n) is 19.5. The van der Waals surface area contributed by atoms with E-state index in [1.54, 1.807) is 6.07 Å². The molecule has 5 aromatic rings. The standard InChI is InChI=1S/C52H72FN10O12P/c1-2-3-4-5-6-7-8-9-10-11-12-13-14-15-16-17-25-69-28-38(70-27-36-19-18-20-37(53)26-36)29-71-76(68,72-30-41-45(64)47(66)51(32-54,74-41)43-23-21-39-49(56)58-34-60-62(39)43)73-31-42-46(65)48(67)52(33-55,75-42)44-24-22-40-50(57)59-35-61-63(40)44/h18-24,26,34-35,38,41-42,45-48,64-67H,2-17,25,27-31H2,1H3,(H2,56,58,60)(H2,57,59,61)/t38-,41-,42-,45-,46-,47-,48-,51+,52+/m1/s1. The Hall–Kier alpha value is -5.24. The molecule has 414 valence electrons. The molecule has 6 heterocycles. The number of nitriles is 2. The largest absolute Gasteiger partial charge is 0.475 e. The summed E-state index contributed by atoms with van der Waals surface area (Å²) in [7, 11) is -4.96. The molecule has 0 radical (unpaired) electrons. The fourth-order valence-corrected chi connectivity index (χ4v) is 10.9. The summed E-state index contributed by atoms with van der Waals surface area (Å²) in [5, 5.41) is 74.8. The van der Waals surface area contributed by atoms with Crippen molar-refractivity contribution in [3.8, 4) is 12.1 Å². The number of benzene rings is 1. The number of fused-ring (bicyclic) bond motifs is 2. The number of unbranched alkanes of at least 4 members (excludes halogenated alkanes) is 15. The lowest BCUT2D eigenvalue weighted by Gasteiger charge is -2.26. The van der Waals surface area contributed by atoms with Crippen molar-refractivity contribution in [1.29, 1.82) is 10.5 Å². The number of aromatic nitrogens is 6. The number of phosphoric acid groups is 1. The third kappa shape index (κ3) is 14.1. The number of phosphoric ester groups is 1. The summed E-state index contributed by atoms with van der Waals surface area (Å²) in [6.45, 7) is 0.317. The molecule has 2 aliphatic rings. The van der Waals surface area contributed by atoms with E-state index in [1.165, 1.54) is 129 Å². The molecular formula is C52H72FN10O12P. The summed E-state index contributed by atoms with van der Waals surface area (Å²) >= 11 is 0. The van der Waals surface area contributed by atoms with Gasteiger partial charge in [-0.1, -0.05) is 115 Å². The predicted octanol–water partition coefficient (Wildman–Crippen LogP) is 6.48. The van der Waals surface area contributed by atoms with E-state index in [2.05, 4.69) is 27.1 Å². The Bertz CT molecular complexity index is 2630. The number of halogens is 1. The van der Waals surface area contributed by atoms with Crippen molar-refractivity contribution in [3.63, 3.8) is 0 Å². The summed E-state index contributed by atoms with van der Waals surface area (Å²) in [5.74, 6) is -0.343. The van der Waals surface area contributed by atoms with Crippen LogP contribution >= 0.6 is 7.82 Å². The van der Waals surface area contributed by atoms with E-state index >= 15 is 0 Å². The number of rotatable bonds is 33. The van der Waals surface area contributed by atoms with Crippen LogP contribution in [0.15, 0.2) is 61.2 Å². The molecule has 0 bridgehead atoms. The Balaban J connectivity index is 1.00. The third-order valence-corrected chi connectivity index (χ3v) is 15.4. The van der Waals surface area contributed by atoms with E-state index in [1.807, 2.05) is 12.1 Å². The van der Waals surface area contributed by atoms with Gasteiger partial charge in [0.15, 0.2) is 11.6 Å².